The highest BCUT2D eigenvalue weighted by Gasteiger charge is 2.16. The first-order valence-electron chi connectivity index (χ1n) is 5.73. The highest BCUT2D eigenvalue weighted by Crippen LogP contribution is 2.21. The minimum Gasteiger partial charge on any atom is -0.478 e. The highest BCUT2D eigenvalue weighted by molar-refractivity contribution is 9.10. The molecule has 3 nitrogen and oxygen atoms in total. The predicted octanol–water partition coefficient (Wildman–Crippen LogP) is 3.73. The van der Waals surface area contributed by atoms with E-state index in [1.165, 1.54) is 12.1 Å². The van der Waals surface area contributed by atoms with Gasteiger partial charge >= 0.3 is 5.97 Å². The van der Waals surface area contributed by atoms with Crippen LogP contribution < -0.4 is 0 Å². The summed E-state index contributed by atoms with van der Waals surface area (Å²) in [6, 6.07) is 7.27. The van der Waals surface area contributed by atoms with Gasteiger partial charge in [0.25, 0.3) is 0 Å². The summed E-state index contributed by atoms with van der Waals surface area (Å²) in [5.41, 5.74) is -0.00677. The van der Waals surface area contributed by atoms with Crippen molar-refractivity contribution >= 4 is 32.7 Å². The molecule has 2 aromatic rings. The minimum atomic E-state index is -1.88. The van der Waals surface area contributed by atoms with E-state index in [-0.39, 0.29) is 21.8 Å². The minimum absolute atomic E-state index is 0.164. The molecule has 7 heteroatoms. The Bertz CT molecular complexity index is 734. The summed E-state index contributed by atoms with van der Waals surface area (Å²) in [6.07, 6.45) is 0. The number of benzene rings is 2. The van der Waals surface area contributed by atoms with Crippen molar-refractivity contribution in [1.29, 1.82) is 0 Å². The van der Waals surface area contributed by atoms with Crippen molar-refractivity contribution in [2.45, 2.75) is 10.6 Å². The van der Waals surface area contributed by atoms with Gasteiger partial charge in [-0.2, -0.15) is 0 Å². The number of halogens is 3. The van der Waals surface area contributed by atoms with Crippen LogP contribution in [0.15, 0.2) is 45.8 Å². The molecule has 1 atom stereocenters. The van der Waals surface area contributed by atoms with E-state index in [1.807, 2.05) is 0 Å². The molecule has 0 radical (unpaired) electrons. The van der Waals surface area contributed by atoms with Gasteiger partial charge < -0.3 is 5.11 Å². The quantitative estimate of drug-likeness (QED) is 0.886. The molecule has 1 N–H and O–H groups in total. The fraction of sp³-hybridized carbons (Fsp3) is 0.0714. The number of rotatable bonds is 4. The van der Waals surface area contributed by atoms with Crippen molar-refractivity contribution in [2.75, 3.05) is 0 Å². The average molecular weight is 375 g/mol. The Balaban J connectivity index is 2.32. The molecule has 21 heavy (non-hydrogen) atoms. The molecule has 0 heterocycles. The molecule has 0 saturated carbocycles. The lowest BCUT2D eigenvalue weighted by Gasteiger charge is -2.06. The Hall–Kier alpha value is -1.60. The van der Waals surface area contributed by atoms with Crippen LogP contribution in [0.4, 0.5) is 8.78 Å². The topological polar surface area (TPSA) is 54.4 Å². The number of aromatic carboxylic acids is 1. The summed E-state index contributed by atoms with van der Waals surface area (Å²) in [4.78, 5) is 10.6. The van der Waals surface area contributed by atoms with Gasteiger partial charge in [-0.25, -0.2) is 13.6 Å². The lowest BCUT2D eigenvalue weighted by molar-refractivity contribution is 0.0696. The van der Waals surface area contributed by atoms with Gasteiger partial charge in [0, 0.05) is 10.0 Å². The predicted molar refractivity (Wildman–Crippen MR) is 77.6 cm³/mol. The van der Waals surface area contributed by atoms with Gasteiger partial charge in [-0.3, -0.25) is 4.21 Å². The lowest BCUT2D eigenvalue weighted by atomic mass is 10.2. The SMILES string of the molecule is O=C(O)c1ccc(F)c(S(=O)Cc2ccc(Br)cc2F)c1. The molecule has 0 aliphatic carbocycles. The number of hydrogen-bond acceptors (Lipinski definition) is 2. The van der Waals surface area contributed by atoms with Crippen LogP contribution in [-0.4, -0.2) is 15.3 Å². The summed E-state index contributed by atoms with van der Waals surface area (Å²) in [5.74, 6) is -2.83. The first-order chi connectivity index (χ1) is 9.88. The molecule has 0 spiro atoms. The second kappa shape index (κ2) is 6.44. The maximum Gasteiger partial charge on any atom is 0.335 e. The zero-order valence-corrected chi connectivity index (χ0v) is 12.9. The first-order valence-corrected chi connectivity index (χ1v) is 7.85. The van der Waals surface area contributed by atoms with Crippen LogP contribution in [0, 0.1) is 11.6 Å². The van der Waals surface area contributed by atoms with Gasteiger partial charge in [-0.05, 0) is 30.3 Å². The van der Waals surface area contributed by atoms with Crippen LogP contribution in [0.25, 0.3) is 0 Å². The van der Waals surface area contributed by atoms with Crippen molar-refractivity contribution in [3.63, 3.8) is 0 Å². The van der Waals surface area contributed by atoms with Gasteiger partial charge in [-0.1, -0.05) is 22.0 Å². The lowest BCUT2D eigenvalue weighted by Crippen LogP contribution is -2.04. The fourth-order valence-corrected chi connectivity index (χ4v) is 3.22. The molecule has 2 rings (SSSR count). The van der Waals surface area contributed by atoms with E-state index in [0.717, 1.165) is 18.2 Å². The highest BCUT2D eigenvalue weighted by atomic mass is 79.9. The molecule has 0 bridgehead atoms. The van der Waals surface area contributed by atoms with Crippen molar-refractivity contribution in [1.82, 2.24) is 0 Å². The zero-order chi connectivity index (χ0) is 15.6. The third-order valence-electron chi connectivity index (χ3n) is 2.73. The van der Waals surface area contributed by atoms with Gasteiger partial charge in [0.1, 0.15) is 11.6 Å². The van der Waals surface area contributed by atoms with Gasteiger partial charge in [0.05, 0.1) is 27.0 Å². The standard InChI is InChI=1S/C14H9BrF2O3S/c15-10-3-1-9(12(17)6-10)7-21(20)13-5-8(14(18)19)2-4-11(13)16/h1-6H,7H2,(H,18,19). The third-order valence-corrected chi connectivity index (χ3v) is 4.60. The Morgan fingerprint density at radius 1 is 1.14 bits per heavy atom. The second-order valence-corrected chi connectivity index (χ2v) is 6.51. The Morgan fingerprint density at radius 3 is 2.48 bits per heavy atom. The van der Waals surface area contributed by atoms with Gasteiger partial charge in [-0.15, -0.1) is 0 Å². The summed E-state index contributed by atoms with van der Waals surface area (Å²) >= 11 is 3.10. The number of carboxylic acids is 1. The molecule has 1 unspecified atom stereocenters. The number of carbonyl (C=O) groups is 1. The molecule has 0 amide bonds. The van der Waals surface area contributed by atoms with Gasteiger partial charge in [0.15, 0.2) is 0 Å². The number of hydrogen-bond donors (Lipinski definition) is 1. The van der Waals surface area contributed by atoms with E-state index in [9.17, 15) is 17.8 Å². The Labute approximate surface area is 130 Å². The van der Waals surface area contributed by atoms with Crippen LogP contribution in [0.5, 0.6) is 0 Å². The summed E-state index contributed by atoms with van der Waals surface area (Å²) in [5, 5.41) is 8.86. The van der Waals surface area contributed by atoms with E-state index >= 15 is 0 Å². The van der Waals surface area contributed by atoms with Gasteiger partial charge in [0.2, 0.25) is 0 Å². The summed E-state index contributed by atoms with van der Waals surface area (Å²) < 4.78 is 40.0. The first kappa shape index (κ1) is 15.8. The largest absolute Gasteiger partial charge is 0.478 e. The number of carboxylic acid groups (broad SMARTS) is 1. The van der Waals surface area contributed by atoms with Crippen LogP contribution >= 0.6 is 15.9 Å². The molecule has 0 aliphatic heterocycles. The molecule has 0 aromatic heterocycles. The maximum atomic E-state index is 13.7. The summed E-state index contributed by atoms with van der Waals surface area (Å²) in [7, 11) is -1.88. The van der Waals surface area contributed by atoms with Crippen LogP contribution in [0.3, 0.4) is 0 Å². The smallest absolute Gasteiger partial charge is 0.335 e. The van der Waals surface area contributed by atoms with E-state index in [0.29, 0.717) is 4.47 Å². The molecule has 0 saturated heterocycles. The molecule has 0 fully saturated rings. The van der Waals surface area contributed by atoms with Crippen molar-refractivity contribution in [3.05, 3.63) is 63.6 Å². The average Bonchev–Trinajstić information content (AvgIpc) is 2.42. The van der Waals surface area contributed by atoms with E-state index < -0.39 is 28.4 Å². The zero-order valence-electron chi connectivity index (χ0n) is 10.5. The fourth-order valence-electron chi connectivity index (χ4n) is 1.67. The second-order valence-electron chi connectivity index (χ2n) is 4.18. The van der Waals surface area contributed by atoms with Crippen LogP contribution in [-0.2, 0) is 16.6 Å². The van der Waals surface area contributed by atoms with E-state index in [4.69, 9.17) is 5.11 Å². The van der Waals surface area contributed by atoms with Crippen molar-refractivity contribution in [2.24, 2.45) is 0 Å². The Kier molecular flexibility index (Phi) is 4.84. The van der Waals surface area contributed by atoms with Crippen LogP contribution in [0.2, 0.25) is 0 Å². The van der Waals surface area contributed by atoms with E-state index in [1.54, 1.807) is 6.07 Å². The van der Waals surface area contributed by atoms with E-state index in [2.05, 4.69) is 15.9 Å². The monoisotopic (exact) mass is 374 g/mol. The maximum absolute atomic E-state index is 13.7. The molecule has 2 aromatic carbocycles. The molecular weight excluding hydrogens is 366 g/mol. The Morgan fingerprint density at radius 2 is 1.86 bits per heavy atom. The normalized spacial score (nSPS) is 12.1. The summed E-state index contributed by atoms with van der Waals surface area (Å²) in [6.45, 7) is 0. The molecule has 0 aliphatic rings. The van der Waals surface area contributed by atoms with Crippen molar-refractivity contribution < 1.29 is 22.9 Å². The van der Waals surface area contributed by atoms with Crippen LogP contribution in [0.1, 0.15) is 15.9 Å². The third kappa shape index (κ3) is 3.74. The molecule has 110 valence electrons. The molecular formula is C14H9BrF2O3S. The van der Waals surface area contributed by atoms with Crippen molar-refractivity contribution in [3.8, 4) is 0 Å².